The monoisotopic (exact) mass is 393 g/mol. The second-order valence-corrected chi connectivity index (χ2v) is 4.96. The first-order chi connectivity index (χ1) is 11.7. The Balaban J connectivity index is 0.00000100. The third-order valence-corrected chi connectivity index (χ3v) is 3.28. The molecule has 24 heavy (non-hydrogen) atoms. The smallest absolute Gasteiger partial charge is 0.251 e. The Morgan fingerprint density at radius 2 is 2.21 bits per heavy atom. The first kappa shape index (κ1) is 18.0. The Labute approximate surface area is 148 Å². The van der Waals surface area contributed by atoms with Gasteiger partial charge in [-0.25, -0.2) is 4.98 Å². The van der Waals surface area contributed by atoms with Gasteiger partial charge in [-0.2, -0.15) is 4.52 Å². The molecule has 0 fully saturated rings. The molecule has 1 amide bonds. The maximum atomic E-state index is 12.1. The van der Waals surface area contributed by atoms with Crippen molar-refractivity contribution in [2.45, 2.75) is 19.8 Å². The van der Waals surface area contributed by atoms with Crippen molar-refractivity contribution < 1.29 is 9.21 Å². The van der Waals surface area contributed by atoms with Gasteiger partial charge in [0.2, 0.25) is 5.82 Å². The first-order valence-electron chi connectivity index (χ1n) is 7.55. The van der Waals surface area contributed by atoms with Crippen LogP contribution in [-0.4, -0.2) is 32.9 Å². The number of carbonyl (C=O) groups excluding carboxylic acids is 1. The molecule has 0 saturated carbocycles. The van der Waals surface area contributed by atoms with Gasteiger partial charge in [0.15, 0.2) is 11.4 Å². The zero-order valence-electron chi connectivity index (χ0n) is 13.6. The molecule has 3 N–H and O–H groups in total. The summed E-state index contributed by atoms with van der Waals surface area (Å²) in [6.45, 7) is 2.72. The lowest BCUT2D eigenvalue weighted by Gasteiger charge is -2.05. The number of aromatic nitrogens is 3. The van der Waals surface area contributed by atoms with Gasteiger partial charge in [0.1, 0.15) is 5.82 Å². The van der Waals surface area contributed by atoms with Crippen molar-refractivity contribution in [2.75, 3.05) is 18.1 Å². The topological polar surface area (TPSA) is 98.5 Å². The van der Waals surface area contributed by atoms with E-state index in [1.165, 1.54) is 4.52 Å². The normalized spacial score (nSPS) is 10.3. The summed E-state index contributed by atoms with van der Waals surface area (Å²) in [7, 11) is 0. The first-order valence-corrected chi connectivity index (χ1v) is 9.14. The summed E-state index contributed by atoms with van der Waals surface area (Å²) >= 11 is 2.94. The van der Waals surface area contributed by atoms with Gasteiger partial charge in [0.25, 0.3) is 5.91 Å². The second-order valence-electron chi connectivity index (χ2n) is 4.96. The number of anilines is 1. The van der Waals surface area contributed by atoms with Crippen LogP contribution in [0.15, 0.2) is 34.9 Å². The molecule has 0 aromatic carbocycles. The van der Waals surface area contributed by atoms with Gasteiger partial charge in [0.05, 0.1) is 6.26 Å². The molecule has 3 aromatic heterocycles. The Hall–Kier alpha value is -2.35. The van der Waals surface area contributed by atoms with E-state index in [-0.39, 0.29) is 5.91 Å². The van der Waals surface area contributed by atoms with E-state index in [0.717, 1.165) is 12.8 Å². The maximum absolute atomic E-state index is 12.1. The highest BCUT2D eigenvalue weighted by atomic mass is 79.9. The summed E-state index contributed by atoms with van der Waals surface area (Å²) < 4.78 is 6.76. The lowest BCUT2D eigenvalue weighted by Crippen LogP contribution is -2.24. The van der Waals surface area contributed by atoms with Crippen LogP contribution < -0.4 is 11.1 Å². The van der Waals surface area contributed by atoms with Crippen molar-refractivity contribution in [3.05, 3.63) is 36.1 Å². The van der Waals surface area contributed by atoms with Crippen LogP contribution in [0, 0.1) is 0 Å². The molecule has 0 aliphatic heterocycles. The number of furan rings is 1. The number of hydrogen-bond acceptors (Lipinski definition) is 5. The lowest BCUT2D eigenvalue weighted by atomic mass is 10.2. The summed E-state index contributed by atoms with van der Waals surface area (Å²) in [4.78, 5) is 16.5. The summed E-state index contributed by atoms with van der Waals surface area (Å²) in [6.07, 6.45) is 3.52. The highest BCUT2D eigenvalue weighted by Gasteiger charge is 2.14. The number of fused-ring (bicyclic) bond motifs is 1. The van der Waals surface area contributed by atoms with Crippen molar-refractivity contribution in [1.29, 1.82) is 0 Å². The zero-order chi connectivity index (χ0) is 17.5. The Kier molecular flexibility index (Phi) is 6.36. The van der Waals surface area contributed by atoms with Gasteiger partial charge in [0, 0.05) is 12.1 Å². The van der Waals surface area contributed by atoms with E-state index in [1.807, 2.05) is 5.83 Å². The minimum Gasteiger partial charge on any atom is -0.461 e. The van der Waals surface area contributed by atoms with Crippen molar-refractivity contribution in [3.63, 3.8) is 0 Å². The number of hydrogen-bond donors (Lipinski definition) is 2. The number of halogens is 1. The molecule has 3 rings (SSSR count). The number of nitrogens with one attached hydrogen (secondary N) is 1. The van der Waals surface area contributed by atoms with Crippen molar-refractivity contribution >= 4 is 33.3 Å². The third-order valence-electron chi connectivity index (χ3n) is 3.28. The number of nitrogens with zero attached hydrogens (tertiary/aromatic N) is 3. The summed E-state index contributed by atoms with van der Waals surface area (Å²) in [6, 6.07) is 6.78. The highest BCUT2D eigenvalue weighted by molar-refractivity contribution is 9.08. The largest absolute Gasteiger partial charge is 0.461 e. The van der Waals surface area contributed by atoms with Crippen LogP contribution >= 0.6 is 15.9 Å². The Morgan fingerprint density at radius 3 is 2.88 bits per heavy atom. The van der Waals surface area contributed by atoms with Crippen LogP contribution in [-0.2, 0) is 0 Å². The standard InChI is InChI=1S/C15H17N5O2.CH3Br/c1-2-3-6-17-15(21)10-8-12(16)20-13(9-10)18-14(19-20)11-5-4-7-22-11;1-2/h4-5,7-9H,2-3,6,16H2,1H3,(H,17,21);1H3. The molecular formula is C16H20BrN5O2. The molecule has 0 aliphatic carbocycles. The molecule has 7 nitrogen and oxygen atoms in total. The van der Waals surface area contributed by atoms with Gasteiger partial charge < -0.3 is 15.5 Å². The average molecular weight is 394 g/mol. The van der Waals surface area contributed by atoms with Crippen LogP contribution in [0.5, 0.6) is 0 Å². The summed E-state index contributed by atoms with van der Waals surface area (Å²) in [5, 5.41) is 7.14. The van der Waals surface area contributed by atoms with E-state index in [4.69, 9.17) is 10.2 Å². The van der Waals surface area contributed by atoms with Gasteiger partial charge in [-0.15, -0.1) is 5.10 Å². The maximum Gasteiger partial charge on any atom is 0.251 e. The van der Waals surface area contributed by atoms with Crippen LogP contribution in [0.25, 0.3) is 17.2 Å². The van der Waals surface area contributed by atoms with Gasteiger partial charge in [-0.05, 0) is 36.5 Å². The van der Waals surface area contributed by atoms with Crippen molar-refractivity contribution in [3.8, 4) is 11.6 Å². The minimum absolute atomic E-state index is 0.162. The lowest BCUT2D eigenvalue weighted by molar-refractivity contribution is 0.0953. The highest BCUT2D eigenvalue weighted by Crippen LogP contribution is 2.19. The number of alkyl halides is 1. The van der Waals surface area contributed by atoms with Gasteiger partial charge in [-0.3, -0.25) is 4.79 Å². The number of nitrogens with two attached hydrogens (primary N) is 1. The van der Waals surface area contributed by atoms with E-state index in [2.05, 4.69) is 38.3 Å². The number of unbranched alkanes of at least 4 members (excludes halogenated alkanes) is 1. The Morgan fingerprint density at radius 1 is 1.42 bits per heavy atom. The number of amides is 1. The summed E-state index contributed by atoms with van der Waals surface area (Å²) in [5.74, 6) is 2.98. The molecule has 0 radical (unpaired) electrons. The molecule has 0 unspecified atom stereocenters. The molecule has 0 atom stereocenters. The van der Waals surface area contributed by atoms with Crippen molar-refractivity contribution in [2.24, 2.45) is 0 Å². The molecule has 0 aliphatic rings. The van der Waals surface area contributed by atoms with E-state index < -0.39 is 0 Å². The second kappa shape index (κ2) is 8.49. The molecule has 8 heteroatoms. The number of carbonyl (C=O) groups is 1. The van der Waals surface area contributed by atoms with E-state index >= 15 is 0 Å². The SMILES string of the molecule is CBr.CCCCNC(=O)c1cc(N)n2nc(-c3ccco3)nc2c1. The fraction of sp³-hybridized carbons (Fsp3) is 0.312. The predicted molar refractivity (Wildman–Crippen MR) is 97.2 cm³/mol. The average Bonchev–Trinajstić information content (AvgIpc) is 3.26. The third kappa shape index (κ3) is 3.94. The quantitative estimate of drug-likeness (QED) is 0.512. The molecular weight excluding hydrogens is 374 g/mol. The van der Waals surface area contributed by atoms with E-state index in [9.17, 15) is 4.79 Å². The molecule has 0 saturated heterocycles. The minimum atomic E-state index is -0.162. The van der Waals surface area contributed by atoms with Gasteiger partial charge >= 0.3 is 0 Å². The number of pyridine rings is 1. The fourth-order valence-corrected chi connectivity index (χ4v) is 2.13. The zero-order valence-corrected chi connectivity index (χ0v) is 15.2. The van der Waals surface area contributed by atoms with Crippen LogP contribution in [0.2, 0.25) is 0 Å². The molecule has 3 heterocycles. The number of rotatable bonds is 5. The number of nitrogen functional groups attached to an aromatic ring is 1. The van der Waals surface area contributed by atoms with Crippen LogP contribution in [0.1, 0.15) is 30.1 Å². The molecule has 0 spiro atoms. The van der Waals surface area contributed by atoms with Gasteiger partial charge in [-0.1, -0.05) is 29.3 Å². The van der Waals surface area contributed by atoms with E-state index in [0.29, 0.717) is 35.2 Å². The van der Waals surface area contributed by atoms with Crippen LogP contribution in [0.4, 0.5) is 5.82 Å². The van der Waals surface area contributed by atoms with Crippen LogP contribution in [0.3, 0.4) is 0 Å². The van der Waals surface area contributed by atoms with Crippen molar-refractivity contribution in [1.82, 2.24) is 19.9 Å². The fourth-order valence-electron chi connectivity index (χ4n) is 2.13. The molecule has 3 aromatic rings. The predicted octanol–water partition coefficient (Wildman–Crippen LogP) is 3.11. The summed E-state index contributed by atoms with van der Waals surface area (Å²) in [5.41, 5.74) is 6.94. The molecule has 0 bridgehead atoms. The molecule has 128 valence electrons. The van der Waals surface area contributed by atoms with E-state index in [1.54, 1.807) is 30.5 Å². The Bertz CT molecular complexity index is 798.